The van der Waals surface area contributed by atoms with Gasteiger partial charge in [0.1, 0.15) is 5.82 Å². The normalized spacial score (nSPS) is 11.4. The summed E-state index contributed by atoms with van der Waals surface area (Å²) in [6.07, 6.45) is 0. The summed E-state index contributed by atoms with van der Waals surface area (Å²) in [5.41, 5.74) is 0.0964. The zero-order valence-electron chi connectivity index (χ0n) is 10.5. The molecule has 112 valence electrons. The topological polar surface area (TPSA) is 66.4 Å². The summed E-state index contributed by atoms with van der Waals surface area (Å²) in [5.74, 6) is -0.670. The number of nitrogens with one attached hydrogen (secondary N) is 1. The van der Waals surface area contributed by atoms with Crippen LogP contribution in [0.25, 0.3) is 0 Å². The highest BCUT2D eigenvalue weighted by molar-refractivity contribution is 9.10. The largest absolute Gasteiger partial charge is 0.392 e. The number of rotatable bonds is 4. The Hall–Kier alpha value is -1.15. The van der Waals surface area contributed by atoms with Crippen LogP contribution in [0.1, 0.15) is 5.56 Å². The maximum absolute atomic E-state index is 13.3. The molecule has 2 N–H and O–H groups in total. The Morgan fingerprint density at radius 3 is 2.62 bits per heavy atom. The monoisotopic (exact) mass is 393 g/mol. The van der Waals surface area contributed by atoms with Crippen LogP contribution in [0.3, 0.4) is 0 Å². The Labute approximate surface area is 134 Å². The molecule has 0 radical (unpaired) electrons. The lowest BCUT2D eigenvalue weighted by atomic mass is 10.2. The minimum atomic E-state index is -3.94. The maximum atomic E-state index is 13.3. The van der Waals surface area contributed by atoms with Crippen LogP contribution in [-0.2, 0) is 16.6 Å². The number of sulfonamides is 1. The van der Waals surface area contributed by atoms with E-state index in [4.69, 9.17) is 16.7 Å². The highest BCUT2D eigenvalue weighted by Crippen LogP contribution is 2.28. The number of hydrogen-bond donors (Lipinski definition) is 2. The van der Waals surface area contributed by atoms with Gasteiger partial charge in [0, 0.05) is 10.0 Å². The Morgan fingerprint density at radius 1 is 1.24 bits per heavy atom. The van der Waals surface area contributed by atoms with Crippen molar-refractivity contribution in [2.24, 2.45) is 0 Å². The summed E-state index contributed by atoms with van der Waals surface area (Å²) in [6.45, 7) is -0.590. The fraction of sp³-hybridized carbons (Fsp3) is 0.0769. The van der Waals surface area contributed by atoms with Gasteiger partial charge in [0.15, 0.2) is 0 Å². The van der Waals surface area contributed by atoms with E-state index in [0.29, 0.717) is 4.47 Å². The Balaban J connectivity index is 2.41. The van der Waals surface area contributed by atoms with E-state index in [1.54, 1.807) is 6.07 Å². The van der Waals surface area contributed by atoms with Gasteiger partial charge in [-0.25, -0.2) is 12.8 Å². The predicted octanol–water partition coefficient (Wildman–Crippen LogP) is 3.53. The summed E-state index contributed by atoms with van der Waals surface area (Å²) in [4.78, 5) is -0.163. The Morgan fingerprint density at radius 2 is 1.95 bits per heavy atom. The molecule has 0 heterocycles. The molecular weight excluding hydrogens is 385 g/mol. The third kappa shape index (κ3) is 3.74. The molecule has 0 unspecified atom stereocenters. The molecule has 21 heavy (non-hydrogen) atoms. The van der Waals surface area contributed by atoms with Crippen molar-refractivity contribution in [3.05, 3.63) is 57.3 Å². The summed E-state index contributed by atoms with van der Waals surface area (Å²) < 4.78 is 40.8. The molecule has 8 heteroatoms. The molecular formula is C13H10BrClFNO3S. The molecule has 0 aromatic heterocycles. The van der Waals surface area contributed by atoms with E-state index in [9.17, 15) is 12.8 Å². The lowest BCUT2D eigenvalue weighted by Gasteiger charge is -2.11. The van der Waals surface area contributed by atoms with Crippen LogP contribution in [0.4, 0.5) is 10.1 Å². The van der Waals surface area contributed by atoms with Gasteiger partial charge in [-0.15, -0.1) is 0 Å². The van der Waals surface area contributed by atoms with Crippen molar-refractivity contribution in [2.75, 3.05) is 4.72 Å². The van der Waals surface area contributed by atoms with Crippen LogP contribution in [0.15, 0.2) is 45.8 Å². The fourth-order valence-corrected chi connectivity index (χ4v) is 3.32. The van der Waals surface area contributed by atoms with Crippen LogP contribution >= 0.6 is 27.5 Å². The zero-order valence-corrected chi connectivity index (χ0v) is 13.6. The van der Waals surface area contributed by atoms with Crippen LogP contribution in [0, 0.1) is 5.82 Å². The number of anilines is 1. The highest BCUT2D eigenvalue weighted by Gasteiger charge is 2.17. The van der Waals surface area contributed by atoms with Crippen LogP contribution in [-0.4, -0.2) is 13.5 Å². The molecule has 0 aliphatic carbocycles. The van der Waals surface area contributed by atoms with Crippen molar-refractivity contribution in [1.82, 2.24) is 0 Å². The molecule has 2 aromatic carbocycles. The average Bonchev–Trinajstić information content (AvgIpc) is 2.43. The van der Waals surface area contributed by atoms with Crippen molar-refractivity contribution in [3.63, 3.8) is 0 Å². The zero-order chi connectivity index (χ0) is 15.6. The Bertz CT molecular complexity index is 783. The molecule has 0 amide bonds. The predicted molar refractivity (Wildman–Crippen MR) is 82.3 cm³/mol. The summed E-state index contributed by atoms with van der Waals surface area (Å²) >= 11 is 9.14. The van der Waals surface area contributed by atoms with E-state index in [1.807, 2.05) is 0 Å². The fourth-order valence-electron chi connectivity index (χ4n) is 1.62. The van der Waals surface area contributed by atoms with Gasteiger partial charge in [0.05, 0.1) is 22.2 Å². The first-order valence-electron chi connectivity index (χ1n) is 5.70. The molecule has 0 saturated carbocycles. The van der Waals surface area contributed by atoms with E-state index in [1.165, 1.54) is 12.1 Å². The quantitative estimate of drug-likeness (QED) is 0.833. The van der Waals surface area contributed by atoms with E-state index in [2.05, 4.69) is 20.7 Å². The number of benzene rings is 2. The number of halogens is 3. The van der Waals surface area contributed by atoms with Crippen LogP contribution in [0.5, 0.6) is 0 Å². The summed E-state index contributed by atoms with van der Waals surface area (Å²) in [7, 11) is -3.94. The van der Waals surface area contributed by atoms with Crippen LogP contribution < -0.4 is 4.72 Å². The smallest absolute Gasteiger partial charge is 0.261 e. The molecule has 0 fully saturated rings. The lowest BCUT2D eigenvalue weighted by Crippen LogP contribution is -2.14. The first-order chi connectivity index (χ1) is 9.83. The van der Waals surface area contributed by atoms with Gasteiger partial charge in [-0.2, -0.15) is 0 Å². The van der Waals surface area contributed by atoms with Crippen molar-refractivity contribution >= 4 is 43.2 Å². The maximum Gasteiger partial charge on any atom is 0.261 e. The molecule has 0 saturated heterocycles. The lowest BCUT2D eigenvalue weighted by molar-refractivity contribution is 0.275. The van der Waals surface area contributed by atoms with Crippen molar-refractivity contribution in [1.29, 1.82) is 0 Å². The van der Waals surface area contributed by atoms with Crippen molar-refractivity contribution in [3.8, 4) is 0 Å². The summed E-state index contributed by atoms with van der Waals surface area (Å²) in [6, 6.07) is 7.89. The van der Waals surface area contributed by atoms with Crippen molar-refractivity contribution < 1.29 is 17.9 Å². The molecule has 0 atom stereocenters. The van der Waals surface area contributed by atoms with Gasteiger partial charge >= 0.3 is 0 Å². The SMILES string of the molecule is O=S(=O)(Nc1cc(Br)ccc1Cl)c1ccc(F)c(CO)c1. The molecule has 0 spiro atoms. The molecule has 0 bridgehead atoms. The molecule has 2 aromatic rings. The highest BCUT2D eigenvalue weighted by atomic mass is 79.9. The average molecular weight is 395 g/mol. The van der Waals surface area contributed by atoms with Gasteiger partial charge in [0.2, 0.25) is 0 Å². The first kappa shape index (κ1) is 16.2. The molecule has 4 nitrogen and oxygen atoms in total. The van der Waals surface area contributed by atoms with E-state index in [0.717, 1.165) is 18.2 Å². The van der Waals surface area contributed by atoms with Gasteiger partial charge in [0.25, 0.3) is 10.0 Å². The standard InChI is InChI=1S/C13H10BrClFNO3S/c14-9-1-3-11(15)13(6-9)17-21(19,20)10-2-4-12(16)8(5-10)7-18/h1-6,17-18H,7H2. The minimum absolute atomic E-state index is 0.0989. The Kier molecular flexibility index (Phi) is 4.88. The number of aliphatic hydroxyl groups is 1. The van der Waals surface area contributed by atoms with Gasteiger partial charge in [-0.05, 0) is 36.4 Å². The molecule has 2 rings (SSSR count). The summed E-state index contributed by atoms with van der Waals surface area (Å²) in [5, 5.41) is 9.22. The van der Waals surface area contributed by atoms with E-state index in [-0.39, 0.29) is 21.2 Å². The van der Waals surface area contributed by atoms with E-state index >= 15 is 0 Å². The third-order valence-electron chi connectivity index (χ3n) is 2.67. The molecule has 0 aliphatic rings. The van der Waals surface area contributed by atoms with Gasteiger partial charge in [-0.3, -0.25) is 4.72 Å². The number of aliphatic hydroxyl groups excluding tert-OH is 1. The number of hydrogen-bond acceptors (Lipinski definition) is 3. The van der Waals surface area contributed by atoms with Crippen molar-refractivity contribution in [2.45, 2.75) is 11.5 Å². The minimum Gasteiger partial charge on any atom is -0.392 e. The first-order valence-corrected chi connectivity index (χ1v) is 8.36. The second kappa shape index (κ2) is 6.31. The second-order valence-corrected chi connectivity index (χ2v) is 7.15. The van der Waals surface area contributed by atoms with Gasteiger partial charge < -0.3 is 5.11 Å². The molecule has 0 aliphatic heterocycles. The van der Waals surface area contributed by atoms with Gasteiger partial charge in [-0.1, -0.05) is 27.5 Å². The second-order valence-electron chi connectivity index (χ2n) is 4.14. The third-order valence-corrected chi connectivity index (χ3v) is 4.86. The van der Waals surface area contributed by atoms with E-state index < -0.39 is 22.4 Å². The van der Waals surface area contributed by atoms with Crippen LogP contribution in [0.2, 0.25) is 5.02 Å².